The molecule has 368 valence electrons. The first kappa shape index (κ1) is 41.8. The van der Waals surface area contributed by atoms with E-state index in [0.29, 0.717) is 49.9 Å². The van der Waals surface area contributed by atoms with Gasteiger partial charge in [-0.05, 0) is 79.2 Å². The van der Waals surface area contributed by atoms with E-state index in [0.717, 1.165) is 117 Å². The minimum Gasteiger partial charge on any atom is -0.318 e. The number of nitriles is 1. The lowest BCUT2D eigenvalue weighted by molar-refractivity contribution is 1.14. The van der Waals surface area contributed by atoms with Crippen molar-refractivity contribution in [1.29, 1.82) is 5.26 Å². The zero-order valence-electron chi connectivity index (χ0n) is 45.5. The quantitative estimate of drug-likeness (QED) is 0.121. The molecule has 17 aromatic rings. The molecule has 0 amide bonds. The van der Waals surface area contributed by atoms with E-state index >= 15 is 0 Å². The Kier molecular flexibility index (Phi) is 8.92. The van der Waals surface area contributed by atoms with Crippen LogP contribution in [0.1, 0.15) is 9.68 Å². The molecule has 0 aliphatic rings. The number of fused-ring (bicyclic) bond motifs is 14. The van der Waals surface area contributed by atoms with Crippen molar-refractivity contribution in [2.75, 3.05) is 0 Å². The van der Waals surface area contributed by atoms with Crippen molar-refractivity contribution in [2.45, 2.75) is 0 Å². The van der Waals surface area contributed by atoms with Crippen LogP contribution in [0.4, 0.5) is 5.69 Å². The molecule has 0 saturated carbocycles. The fourth-order valence-corrected chi connectivity index (χ4v) is 15.9. The highest BCUT2D eigenvalue weighted by atomic mass is 32.1. The molecule has 0 aliphatic heterocycles. The number of nitrogens with zero attached hydrogens (tertiary/aromatic N) is 4. The summed E-state index contributed by atoms with van der Waals surface area (Å²) >= 11 is 3.52. The van der Waals surface area contributed by atoms with Gasteiger partial charge in [0.2, 0.25) is 5.69 Å². The molecular weight excluding hydrogens is 1010 g/mol. The fraction of sp³-hybridized carbons (Fsp3) is 0. The number of hydrogen-bond acceptors (Lipinski definition) is 3. The van der Waals surface area contributed by atoms with Gasteiger partial charge in [-0.15, -0.1) is 22.7 Å². The third kappa shape index (κ3) is 6.06. The van der Waals surface area contributed by atoms with Crippen LogP contribution in [0.2, 0.25) is 0 Å². The van der Waals surface area contributed by atoms with Gasteiger partial charge in [0, 0.05) is 63.6 Å². The van der Waals surface area contributed by atoms with Gasteiger partial charge in [-0.2, -0.15) is 5.26 Å². The topological polar surface area (TPSA) is 38.0 Å². The van der Waals surface area contributed by atoms with Gasteiger partial charge in [-0.25, -0.2) is 4.85 Å². The Morgan fingerprint density at radius 2 is 0.975 bits per heavy atom. The number of hydrogen-bond donors (Lipinski definition) is 0. The van der Waals surface area contributed by atoms with Crippen LogP contribution in [-0.2, 0) is 0 Å². The maximum atomic E-state index is 12.6. The molecule has 0 bridgehead atoms. The predicted molar refractivity (Wildman–Crippen MR) is 340 cm³/mol. The van der Waals surface area contributed by atoms with Gasteiger partial charge >= 0.3 is 0 Å². The summed E-state index contributed by atoms with van der Waals surface area (Å²) in [5.74, 6) is 0. The maximum Gasteiger partial charge on any atom is 0.220 e. The molecule has 80 heavy (non-hydrogen) atoms. The first-order valence-electron chi connectivity index (χ1n) is 28.1. The first-order valence-corrected chi connectivity index (χ1v) is 28.2. The Balaban J connectivity index is 1.19. The first-order chi connectivity index (χ1) is 40.9. The standard InChI is InChI=1S/C74H40N4S2/c1-76-67-62(45-25-10-4-11-26-45)58(42-75)68(63(46-27-12-5-13-28-46)70(67)77-59-36-19-33-51-48-29-14-15-30-49(48)52-34-20-37-60(77)66(52)65(51)59)78-69-55(40-39-54-53-35-18-32-47(72(53)80-73(54)69)43-21-6-2-7-22-43)64-56(44-23-8-3-9-24-44)41-57-50-31-16-17-38-61(50)79-74(57)71(64)78/h2-41H/i19D,33D,36D. The van der Waals surface area contributed by atoms with E-state index in [1.54, 1.807) is 22.7 Å². The zero-order valence-corrected chi connectivity index (χ0v) is 44.1. The average molecular weight is 1050 g/mol. The summed E-state index contributed by atoms with van der Waals surface area (Å²) in [5, 5.41) is 23.9. The smallest absolute Gasteiger partial charge is 0.220 e. The van der Waals surface area contributed by atoms with Crippen molar-refractivity contribution in [3.05, 3.63) is 260 Å². The average Bonchev–Trinajstić information content (AvgIpc) is 2.49. The van der Waals surface area contributed by atoms with E-state index in [1.807, 2.05) is 78.9 Å². The molecule has 6 heteroatoms. The Morgan fingerprint density at radius 1 is 0.412 bits per heavy atom. The number of aromatic nitrogens is 2. The molecule has 4 nitrogen and oxygen atoms in total. The Hall–Kier alpha value is -10.3. The van der Waals surface area contributed by atoms with Crippen LogP contribution in [0, 0.1) is 17.9 Å². The lowest BCUT2D eigenvalue weighted by Gasteiger charge is -2.26. The van der Waals surface area contributed by atoms with E-state index in [9.17, 15) is 15.9 Å². The molecule has 0 saturated heterocycles. The van der Waals surface area contributed by atoms with Crippen LogP contribution in [0.25, 0.3) is 166 Å². The van der Waals surface area contributed by atoms with Crippen LogP contribution in [-0.4, -0.2) is 9.13 Å². The Morgan fingerprint density at radius 3 is 1.69 bits per heavy atom. The molecule has 4 aromatic heterocycles. The monoisotopic (exact) mass is 1050 g/mol. The fourth-order valence-electron chi connectivity index (χ4n) is 13.3. The van der Waals surface area contributed by atoms with Gasteiger partial charge in [0.05, 0.1) is 59.1 Å². The number of rotatable bonds is 6. The van der Waals surface area contributed by atoms with Crippen molar-refractivity contribution >= 4 is 134 Å². The minimum absolute atomic E-state index is 0.0164. The van der Waals surface area contributed by atoms with E-state index in [-0.39, 0.29) is 23.8 Å². The molecule has 17 rings (SSSR count). The summed E-state index contributed by atoms with van der Waals surface area (Å²) in [6, 6.07) is 80.0. The van der Waals surface area contributed by atoms with Crippen molar-refractivity contribution in [3.63, 3.8) is 0 Å². The molecule has 0 atom stereocenters. The summed E-state index contributed by atoms with van der Waals surface area (Å²) in [6.45, 7) is 9.60. The second kappa shape index (κ2) is 17.1. The van der Waals surface area contributed by atoms with Gasteiger partial charge in [-0.1, -0.05) is 218 Å². The Bertz CT molecular complexity index is 5730. The normalized spacial score (nSPS) is 12.5. The molecule has 0 radical (unpaired) electrons. The van der Waals surface area contributed by atoms with Crippen LogP contribution >= 0.6 is 22.7 Å². The maximum absolute atomic E-state index is 12.6. The van der Waals surface area contributed by atoms with E-state index in [4.69, 9.17) is 0 Å². The van der Waals surface area contributed by atoms with Crippen LogP contribution in [0.15, 0.2) is 243 Å². The highest BCUT2D eigenvalue weighted by Crippen LogP contribution is 2.57. The van der Waals surface area contributed by atoms with Gasteiger partial charge in [0.1, 0.15) is 6.07 Å². The summed E-state index contributed by atoms with van der Waals surface area (Å²) in [4.78, 5) is 4.61. The van der Waals surface area contributed by atoms with Crippen molar-refractivity contribution < 1.29 is 4.11 Å². The number of benzene rings is 13. The van der Waals surface area contributed by atoms with E-state index in [2.05, 4.69) is 166 Å². The summed E-state index contributed by atoms with van der Waals surface area (Å²) < 4.78 is 38.3. The van der Waals surface area contributed by atoms with Crippen molar-refractivity contribution in [3.8, 4) is 62.0 Å². The molecule has 0 fully saturated rings. The second-order valence-electron chi connectivity index (χ2n) is 20.5. The van der Waals surface area contributed by atoms with Crippen LogP contribution < -0.4 is 0 Å². The van der Waals surface area contributed by atoms with Gasteiger partial charge in [0.15, 0.2) is 0 Å². The largest absolute Gasteiger partial charge is 0.318 e. The van der Waals surface area contributed by atoms with Crippen LogP contribution in [0.5, 0.6) is 0 Å². The molecule has 13 aromatic carbocycles. The Labute approximate surface area is 471 Å². The van der Waals surface area contributed by atoms with Gasteiger partial charge in [0.25, 0.3) is 0 Å². The number of thiophene rings is 2. The predicted octanol–water partition coefficient (Wildman–Crippen LogP) is 21.5. The third-order valence-electron chi connectivity index (χ3n) is 16.5. The van der Waals surface area contributed by atoms with E-state index in [1.165, 1.54) is 0 Å². The van der Waals surface area contributed by atoms with Crippen molar-refractivity contribution in [1.82, 2.24) is 9.13 Å². The second-order valence-corrected chi connectivity index (χ2v) is 22.6. The lowest BCUT2D eigenvalue weighted by Crippen LogP contribution is -2.09. The lowest BCUT2D eigenvalue weighted by atomic mass is 9.88. The van der Waals surface area contributed by atoms with Gasteiger partial charge < -0.3 is 9.13 Å². The summed E-state index contributed by atoms with van der Waals surface area (Å²) in [6.07, 6.45) is 0. The SMILES string of the molecule is [2H]c1c([2H])c2c3ccccc3c3cccc4c3c2c(c1[2H])n4-c1c([N+]#[C-])c(-c2ccccc2)c(C#N)c(-n2c3c(ccc4c5cccc(-c6ccccc6)c5sc43)c3c(-c4ccccc4)cc4c5ccccc5sc4c32)c1-c1ccccc1. The molecule has 0 unspecified atom stereocenters. The summed E-state index contributed by atoms with van der Waals surface area (Å²) in [7, 11) is 0. The molecule has 0 aliphatic carbocycles. The molecule has 0 spiro atoms. The third-order valence-corrected chi connectivity index (χ3v) is 18.9. The highest BCUT2D eigenvalue weighted by molar-refractivity contribution is 7.27. The van der Waals surface area contributed by atoms with E-state index < -0.39 is 0 Å². The molecule has 4 heterocycles. The highest BCUT2D eigenvalue weighted by Gasteiger charge is 2.34. The van der Waals surface area contributed by atoms with Crippen molar-refractivity contribution in [2.24, 2.45) is 0 Å². The summed E-state index contributed by atoms with van der Waals surface area (Å²) in [5.41, 5.74) is 11.6. The minimum atomic E-state index is -0.206. The zero-order chi connectivity index (χ0) is 55.4. The van der Waals surface area contributed by atoms with Crippen LogP contribution in [0.3, 0.4) is 0 Å². The molecular formula is C74H40N4S2. The molecule has 0 N–H and O–H groups in total. The van der Waals surface area contributed by atoms with Gasteiger partial charge in [-0.3, -0.25) is 0 Å².